The average Bonchev–Trinajstić information content (AvgIpc) is 3.09. The molecule has 0 spiro atoms. The van der Waals surface area contributed by atoms with Gasteiger partial charge >= 0.3 is 0 Å². The molecule has 4 rings (SSSR count). The summed E-state index contributed by atoms with van der Waals surface area (Å²) < 4.78 is 27.0. The second-order valence-corrected chi connectivity index (χ2v) is 10.5. The molecule has 34 heavy (non-hydrogen) atoms. The van der Waals surface area contributed by atoms with Crippen molar-refractivity contribution in [1.29, 1.82) is 0 Å². The number of hydrogen-bond acceptors (Lipinski definition) is 3. The molecule has 1 heterocycles. The molecule has 2 N–H and O–H groups in total. The first-order valence-electron chi connectivity index (χ1n) is 10.5. The number of aromatic amines is 1. The van der Waals surface area contributed by atoms with Gasteiger partial charge in [-0.3, -0.25) is 4.79 Å². The average molecular weight is 513 g/mol. The highest BCUT2D eigenvalue weighted by Crippen LogP contribution is 2.29. The van der Waals surface area contributed by atoms with E-state index >= 15 is 0 Å². The van der Waals surface area contributed by atoms with Gasteiger partial charge in [0.2, 0.25) is 0 Å². The van der Waals surface area contributed by atoms with Crippen LogP contribution in [0.3, 0.4) is 0 Å². The molecule has 0 saturated heterocycles. The maximum Gasteiger partial charge on any atom is 0.265 e. The quantitative estimate of drug-likeness (QED) is 0.313. The molecule has 5 nitrogen and oxygen atoms in total. The predicted octanol–water partition coefficient (Wildman–Crippen LogP) is 6.41. The fourth-order valence-electron chi connectivity index (χ4n) is 3.67. The number of aromatic nitrogens is 1. The van der Waals surface area contributed by atoms with Gasteiger partial charge in [0.1, 0.15) is 0 Å². The number of fused-ring (bicyclic) bond motifs is 1. The first-order chi connectivity index (χ1) is 16.1. The second kappa shape index (κ2) is 9.66. The molecule has 0 aliphatic rings. The molecule has 1 amide bonds. The normalized spacial score (nSPS) is 11.9. The minimum Gasteiger partial charge on any atom is -0.358 e. The van der Waals surface area contributed by atoms with Gasteiger partial charge in [0.15, 0.2) is 0 Å². The molecule has 0 radical (unpaired) electrons. The van der Waals surface area contributed by atoms with Crippen molar-refractivity contribution in [1.82, 2.24) is 9.71 Å². The maximum atomic E-state index is 12.8. The van der Waals surface area contributed by atoms with E-state index in [2.05, 4.69) is 9.71 Å². The molecule has 1 aromatic heterocycles. The number of nitrogens with one attached hydrogen (secondary N) is 2. The summed E-state index contributed by atoms with van der Waals surface area (Å²) in [5.41, 5.74) is 5.68. The van der Waals surface area contributed by atoms with Crippen molar-refractivity contribution in [3.63, 3.8) is 0 Å². The number of amides is 1. The smallest absolute Gasteiger partial charge is 0.265 e. The molecule has 0 atom stereocenters. The van der Waals surface area contributed by atoms with Gasteiger partial charge in [-0.15, -0.1) is 0 Å². The fraction of sp³-hybridized carbons (Fsp3) is 0.115. The van der Waals surface area contributed by atoms with Gasteiger partial charge in [0.05, 0.1) is 5.41 Å². The van der Waals surface area contributed by atoms with Gasteiger partial charge in [-0.1, -0.05) is 59.1 Å². The summed E-state index contributed by atoms with van der Waals surface area (Å²) >= 11 is 12.4. The summed E-state index contributed by atoms with van der Waals surface area (Å²) in [6, 6.07) is 17.8. The summed E-state index contributed by atoms with van der Waals surface area (Å²) in [6.07, 6.45) is 1.98. The zero-order chi connectivity index (χ0) is 24.5. The first kappa shape index (κ1) is 24.1. The van der Waals surface area contributed by atoms with Crippen molar-refractivity contribution in [2.45, 2.75) is 20.3 Å². The molecule has 8 heteroatoms. The number of H-pyrrole nitrogens is 1. The van der Waals surface area contributed by atoms with Crippen LogP contribution < -0.4 is 4.72 Å². The second-order valence-electron chi connectivity index (χ2n) is 8.09. The zero-order valence-electron chi connectivity index (χ0n) is 18.5. The van der Waals surface area contributed by atoms with Gasteiger partial charge in [0, 0.05) is 38.6 Å². The standard InChI is InChI=1S/C26H22Cl2N2O3S/c1-16-3-5-18(6-4-16)11-12-34(32,33)30-26(31)20-8-10-25-23(14-20)22(17(2)29-25)13-19-7-9-21(27)15-24(19)28/h3-12,14-15,29H,13H2,1-2H3,(H,30,31). The van der Waals surface area contributed by atoms with E-state index in [0.29, 0.717) is 16.5 Å². The Morgan fingerprint density at radius 3 is 2.44 bits per heavy atom. The number of halogens is 2. The van der Waals surface area contributed by atoms with E-state index in [-0.39, 0.29) is 5.56 Å². The van der Waals surface area contributed by atoms with Gasteiger partial charge in [-0.25, -0.2) is 13.1 Å². The number of carbonyl (C=O) groups is 1. The summed E-state index contributed by atoms with van der Waals surface area (Å²) in [6.45, 7) is 3.89. The van der Waals surface area contributed by atoms with Crippen LogP contribution in [0.25, 0.3) is 17.0 Å². The van der Waals surface area contributed by atoms with Crippen molar-refractivity contribution in [2.75, 3.05) is 0 Å². The highest BCUT2D eigenvalue weighted by Gasteiger charge is 2.17. The topological polar surface area (TPSA) is 79.0 Å². The lowest BCUT2D eigenvalue weighted by Gasteiger charge is -2.07. The minimum absolute atomic E-state index is 0.238. The van der Waals surface area contributed by atoms with Crippen LogP contribution in [0.1, 0.15) is 38.3 Å². The Morgan fingerprint density at radius 2 is 1.74 bits per heavy atom. The highest BCUT2D eigenvalue weighted by atomic mass is 35.5. The van der Waals surface area contributed by atoms with Gasteiger partial charge in [-0.2, -0.15) is 0 Å². The Morgan fingerprint density at radius 1 is 1.00 bits per heavy atom. The molecule has 0 aliphatic heterocycles. The van der Waals surface area contributed by atoms with Crippen LogP contribution in [0.2, 0.25) is 10.0 Å². The summed E-state index contributed by atoms with van der Waals surface area (Å²) in [5.74, 6) is -0.704. The number of sulfonamides is 1. The van der Waals surface area contributed by atoms with Crippen molar-refractivity contribution < 1.29 is 13.2 Å². The largest absolute Gasteiger partial charge is 0.358 e. The van der Waals surface area contributed by atoms with E-state index in [1.165, 1.54) is 6.08 Å². The van der Waals surface area contributed by atoms with E-state index in [1.54, 1.807) is 42.5 Å². The number of hydrogen-bond donors (Lipinski definition) is 2. The lowest BCUT2D eigenvalue weighted by atomic mass is 10.0. The predicted molar refractivity (Wildman–Crippen MR) is 139 cm³/mol. The van der Waals surface area contributed by atoms with Crippen LogP contribution in [0, 0.1) is 13.8 Å². The van der Waals surface area contributed by atoms with Gasteiger partial charge < -0.3 is 4.98 Å². The first-order valence-corrected chi connectivity index (χ1v) is 12.8. The third kappa shape index (κ3) is 5.53. The molecule has 0 unspecified atom stereocenters. The maximum absolute atomic E-state index is 12.8. The summed E-state index contributed by atoms with van der Waals surface area (Å²) in [7, 11) is -3.97. The molecular formula is C26H22Cl2N2O3S. The number of carbonyl (C=O) groups excluding carboxylic acids is 1. The Hall–Kier alpha value is -3.06. The summed E-state index contributed by atoms with van der Waals surface area (Å²) in [4.78, 5) is 16.1. The fourth-order valence-corrected chi connectivity index (χ4v) is 4.93. The number of aryl methyl sites for hydroxylation is 2. The van der Waals surface area contributed by atoms with E-state index in [1.807, 2.05) is 32.0 Å². The van der Waals surface area contributed by atoms with Crippen molar-refractivity contribution in [3.05, 3.63) is 110 Å². The third-order valence-electron chi connectivity index (χ3n) is 5.52. The van der Waals surface area contributed by atoms with E-state index < -0.39 is 15.9 Å². The van der Waals surface area contributed by atoms with Crippen LogP contribution in [0.4, 0.5) is 0 Å². The van der Waals surface area contributed by atoms with Gasteiger partial charge in [-0.05, 0) is 66.9 Å². The highest BCUT2D eigenvalue weighted by molar-refractivity contribution is 7.93. The van der Waals surface area contributed by atoms with Crippen LogP contribution >= 0.6 is 23.2 Å². The lowest BCUT2D eigenvalue weighted by Crippen LogP contribution is -2.28. The van der Waals surface area contributed by atoms with Crippen molar-refractivity contribution in [2.24, 2.45) is 0 Å². The molecule has 4 aromatic rings. The zero-order valence-corrected chi connectivity index (χ0v) is 20.9. The van der Waals surface area contributed by atoms with Crippen LogP contribution in [0.5, 0.6) is 0 Å². The monoisotopic (exact) mass is 512 g/mol. The number of rotatable bonds is 6. The van der Waals surface area contributed by atoms with Gasteiger partial charge in [0.25, 0.3) is 15.9 Å². The molecule has 0 aliphatic carbocycles. The van der Waals surface area contributed by atoms with Crippen LogP contribution in [-0.4, -0.2) is 19.3 Å². The van der Waals surface area contributed by atoms with E-state index in [0.717, 1.165) is 44.3 Å². The van der Waals surface area contributed by atoms with Crippen molar-refractivity contribution in [3.8, 4) is 0 Å². The van der Waals surface area contributed by atoms with Crippen LogP contribution in [0.15, 0.2) is 66.1 Å². The SMILES string of the molecule is Cc1ccc(C=CS(=O)(=O)NC(=O)c2ccc3[nH]c(C)c(Cc4ccc(Cl)cc4Cl)c3c2)cc1. The Bertz CT molecular complexity index is 1520. The Balaban J connectivity index is 1.58. The minimum atomic E-state index is -3.97. The Labute approximate surface area is 208 Å². The lowest BCUT2D eigenvalue weighted by molar-refractivity contribution is 0.0982. The number of benzene rings is 3. The van der Waals surface area contributed by atoms with Crippen LogP contribution in [-0.2, 0) is 16.4 Å². The molecular weight excluding hydrogens is 491 g/mol. The molecule has 0 saturated carbocycles. The Kier molecular flexibility index (Phi) is 6.84. The molecule has 3 aromatic carbocycles. The summed E-state index contributed by atoms with van der Waals surface area (Å²) in [5, 5.41) is 2.93. The third-order valence-corrected chi connectivity index (χ3v) is 7.07. The molecule has 174 valence electrons. The van der Waals surface area contributed by atoms with Crippen molar-refractivity contribution >= 4 is 56.1 Å². The van der Waals surface area contributed by atoms with E-state index in [9.17, 15) is 13.2 Å². The molecule has 0 fully saturated rings. The molecule has 0 bridgehead atoms. The van der Waals surface area contributed by atoms with E-state index in [4.69, 9.17) is 23.2 Å².